The molecule has 0 saturated carbocycles. The first-order valence-corrected chi connectivity index (χ1v) is 13.8. The molecule has 8 heteroatoms. The number of aliphatic hydroxyl groups is 1. The van der Waals surface area contributed by atoms with E-state index in [9.17, 15) is 19.5 Å². The zero-order valence-corrected chi connectivity index (χ0v) is 23.4. The van der Waals surface area contributed by atoms with Gasteiger partial charge in [0.25, 0.3) is 5.91 Å². The van der Waals surface area contributed by atoms with E-state index in [1.165, 1.54) is 0 Å². The summed E-state index contributed by atoms with van der Waals surface area (Å²) < 4.78 is -1.18. The predicted octanol–water partition coefficient (Wildman–Crippen LogP) is 3.33. The summed E-state index contributed by atoms with van der Waals surface area (Å²) in [5, 5.41) is 10.1. The largest absolute Gasteiger partial charge is 0.394 e. The van der Waals surface area contributed by atoms with Crippen molar-refractivity contribution in [3.05, 3.63) is 54.6 Å². The summed E-state index contributed by atoms with van der Waals surface area (Å²) >= 11 is 1.64. The van der Waals surface area contributed by atoms with Crippen molar-refractivity contribution >= 4 is 35.2 Å². The molecule has 0 aliphatic carbocycles. The van der Waals surface area contributed by atoms with Crippen LogP contribution in [0.3, 0.4) is 0 Å². The van der Waals surface area contributed by atoms with E-state index in [-0.39, 0.29) is 24.3 Å². The molecular formula is C29H39N3O4S. The molecule has 0 aromatic heterocycles. The van der Waals surface area contributed by atoms with Crippen LogP contribution < -0.4 is 4.90 Å². The number of rotatable bonds is 9. The van der Waals surface area contributed by atoms with Gasteiger partial charge in [-0.05, 0) is 57.7 Å². The van der Waals surface area contributed by atoms with Crippen LogP contribution >= 0.6 is 11.8 Å². The lowest BCUT2D eigenvalue weighted by Crippen LogP contribution is -2.57. The van der Waals surface area contributed by atoms with Crippen LogP contribution in [0.25, 0.3) is 0 Å². The predicted molar refractivity (Wildman–Crippen MR) is 148 cm³/mol. The Kier molecular flexibility index (Phi) is 7.38. The Balaban J connectivity index is 1.85. The van der Waals surface area contributed by atoms with Crippen LogP contribution in [0, 0.1) is 25.7 Å². The van der Waals surface area contributed by atoms with Gasteiger partial charge in [0.2, 0.25) is 11.8 Å². The summed E-state index contributed by atoms with van der Waals surface area (Å²) in [6.45, 7) is 15.9. The van der Waals surface area contributed by atoms with Gasteiger partial charge in [-0.2, -0.15) is 0 Å². The molecule has 1 N–H and O–H groups in total. The molecule has 3 saturated heterocycles. The maximum Gasteiger partial charge on any atom is 0.251 e. The number of carbonyl (C=O) groups is 3. The normalized spacial score (nSPS) is 30.7. The third kappa shape index (κ3) is 4.13. The number of thioether (sulfide) groups is 1. The number of amides is 3. The summed E-state index contributed by atoms with van der Waals surface area (Å²) in [6, 6.07) is 4.64. The number of aryl methyl sites for hydroxylation is 2. The van der Waals surface area contributed by atoms with Crippen molar-refractivity contribution in [1.29, 1.82) is 0 Å². The maximum atomic E-state index is 14.6. The van der Waals surface area contributed by atoms with E-state index in [1.807, 2.05) is 32.0 Å². The van der Waals surface area contributed by atoms with Crippen molar-refractivity contribution < 1.29 is 19.5 Å². The van der Waals surface area contributed by atoms with Crippen LogP contribution in [0.15, 0.2) is 43.5 Å². The maximum absolute atomic E-state index is 14.6. The first kappa shape index (κ1) is 27.5. The second-order valence-corrected chi connectivity index (χ2v) is 12.9. The summed E-state index contributed by atoms with van der Waals surface area (Å²) in [4.78, 5) is 47.4. The molecular weight excluding hydrogens is 486 g/mol. The van der Waals surface area contributed by atoms with E-state index < -0.39 is 33.4 Å². The van der Waals surface area contributed by atoms with E-state index in [0.717, 1.165) is 23.2 Å². The summed E-state index contributed by atoms with van der Waals surface area (Å²) in [6.07, 6.45) is 4.79. The number of hydrogen-bond donors (Lipinski definition) is 1. The van der Waals surface area contributed by atoms with Crippen LogP contribution in [0.2, 0.25) is 0 Å². The Hall–Kier alpha value is -2.58. The number of nitrogens with zero attached hydrogens (tertiary/aromatic N) is 3. The quantitative estimate of drug-likeness (QED) is 0.501. The number of hydrogen-bond acceptors (Lipinski definition) is 5. The second kappa shape index (κ2) is 9.95. The van der Waals surface area contributed by atoms with Gasteiger partial charge in [0.1, 0.15) is 6.04 Å². The molecule has 0 radical (unpaired) electrons. The number of aliphatic hydroxyl groups excluding tert-OH is 1. The van der Waals surface area contributed by atoms with Gasteiger partial charge in [-0.15, -0.1) is 24.9 Å². The van der Waals surface area contributed by atoms with Crippen molar-refractivity contribution in [1.82, 2.24) is 9.80 Å². The van der Waals surface area contributed by atoms with Gasteiger partial charge < -0.3 is 19.8 Å². The average molecular weight is 526 g/mol. The van der Waals surface area contributed by atoms with Gasteiger partial charge in [-0.3, -0.25) is 14.4 Å². The molecule has 7 nitrogen and oxygen atoms in total. The van der Waals surface area contributed by atoms with Crippen LogP contribution in [0.1, 0.15) is 37.8 Å². The lowest BCUT2D eigenvalue weighted by Gasteiger charge is -2.39. The minimum atomic E-state index is -0.790. The molecule has 3 aliphatic rings. The van der Waals surface area contributed by atoms with Gasteiger partial charge in [-0.25, -0.2) is 0 Å². The number of likely N-dealkylation sites (N-methyl/N-ethyl adjacent to an activating group) is 1. The molecule has 200 valence electrons. The van der Waals surface area contributed by atoms with Crippen LogP contribution in [0.5, 0.6) is 0 Å². The van der Waals surface area contributed by atoms with Crippen LogP contribution in [0.4, 0.5) is 5.69 Å². The van der Waals surface area contributed by atoms with E-state index in [4.69, 9.17) is 0 Å². The number of anilines is 1. The lowest BCUT2D eigenvalue weighted by molar-refractivity contribution is -0.145. The molecule has 1 aromatic carbocycles. The van der Waals surface area contributed by atoms with Crippen LogP contribution in [-0.2, 0) is 14.4 Å². The SMILES string of the molecule is C=CCN(C)C(=O)[C@@H]1[C@H]2C(=O)N([C@H](C)CO)C(C(=O)N(CC=C)c3cc(C)ccc3C)C23CC[C@@]1(C)S3. The summed E-state index contributed by atoms with van der Waals surface area (Å²) in [7, 11) is 1.74. The smallest absolute Gasteiger partial charge is 0.251 e. The van der Waals surface area contributed by atoms with Crippen molar-refractivity contribution in [2.24, 2.45) is 11.8 Å². The molecule has 3 aliphatic heterocycles. The molecule has 3 amide bonds. The minimum Gasteiger partial charge on any atom is -0.394 e. The average Bonchev–Trinajstić information content (AvgIpc) is 3.43. The first-order chi connectivity index (χ1) is 17.5. The van der Waals surface area contributed by atoms with Gasteiger partial charge in [0, 0.05) is 30.6 Å². The Morgan fingerprint density at radius 3 is 2.51 bits per heavy atom. The highest BCUT2D eigenvalue weighted by Gasteiger charge is 2.77. The number of carbonyl (C=O) groups excluding carboxylic acids is 3. The van der Waals surface area contributed by atoms with E-state index in [1.54, 1.807) is 52.6 Å². The zero-order valence-electron chi connectivity index (χ0n) is 22.6. The molecule has 1 aromatic rings. The molecule has 1 spiro atoms. The molecule has 4 rings (SSSR count). The Bertz CT molecular complexity index is 1140. The van der Waals surface area contributed by atoms with Crippen molar-refractivity contribution in [2.75, 3.05) is 31.6 Å². The topological polar surface area (TPSA) is 81.2 Å². The van der Waals surface area contributed by atoms with E-state index in [0.29, 0.717) is 19.5 Å². The van der Waals surface area contributed by atoms with E-state index >= 15 is 0 Å². The van der Waals surface area contributed by atoms with Gasteiger partial charge >= 0.3 is 0 Å². The second-order valence-electron chi connectivity index (χ2n) is 11.0. The molecule has 37 heavy (non-hydrogen) atoms. The molecule has 6 atom stereocenters. The lowest BCUT2D eigenvalue weighted by atomic mass is 9.66. The summed E-state index contributed by atoms with van der Waals surface area (Å²) in [5.41, 5.74) is 2.77. The number of benzene rings is 1. The fraction of sp³-hybridized carbons (Fsp3) is 0.552. The first-order valence-electron chi connectivity index (χ1n) is 13.0. The van der Waals surface area contributed by atoms with Crippen molar-refractivity contribution in [2.45, 2.75) is 62.1 Å². The molecule has 2 unspecified atom stereocenters. The molecule has 2 bridgehead atoms. The highest BCUT2D eigenvalue weighted by atomic mass is 32.2. The van der Waals surface area contributed by atoms with Gasteiger partial charge in [0.15, 0.2) is 0 Å². The van der Waals surface area contributed by atoms with Gasteiger partial charge in [-0.1, -0.05) is 24.3 Å². The highest BCUT2D eigenvalue weighted by Crippen LogP contribution is 2.71. The third-order valence-corrected chi connectivity index (χ3v) is 10.5. The monoisotopic (exact) mass is 525 g/mol. The van der Waals surface area contributed by atoms with Crippen molar-refractivity contribution in [3.8, 4) is 0 Å². The highest BCUT2D eigenvalue weighted by molar-refractivity contribution is 8.02. The Labute approximate surface area is 224 Å². The molecule has 3 fully saturated rings. The van der Waals surface area contributed by atoms with Crippen LogP contribution in [-0.4, -0.2) is 80.9 Å². The summed E-state index contributed by atoms with van der Waals surface area (Å²) in [5.74, 6) is -1.64. The zero-order chi connectivity index (χ0) is 27.3. The fourth-order valence-electron chi connectivity index (χ4n) is 6.70. The Morgan fingerprint density at radius 1 is 1.22 bits per heavy atom. The van der Waals surface area contributed by atoms with E-state index in [2.05, 4.69) is 20.1 Å². The van der Waals surface area contributed by atoms with Crippen molar-refractivity contribution in [3.63, 3.8) is 0 Å². The fourth-order valence-corrected chi connectivity index (χ4v) is 9.03. The third-order valence-electron chi connectivity index (χ3n) is 8.47. The minimum absolute atomic E-state index is 0.0861. The van der Waals surface area contributed by atoms with Gasteiger partial charge in [0.05, 0.1) is 29.2 Å². The molecule has 3 heterocycles. The number of fused-ring (bicyclic) bond motifs is 1. The number of likely N-dealkylation sites (tertiary alicyclic amines) is 1. The standard InChI is InChI=1S/C29H39N3O4S/c1-8-14-30(7)25(34)22-23-26(35)32(20(5)17-33)24(29(23)13-12-28(22,6)37-29)27(36)31(15-9-2)21-16-18(3)10-11-19(21)4/h8-11,16,20,22-24,33H,1-2,12-15,17H2,3-7H3/t20-,22+,23+,24?,28-,29?/m1/s1. The Morgan fingerprint density at radius 2 is 1.89 bits per heavy atom.